The van der Waals surface area contributed by atoms with Gasteiger partial charge in [-0.2, -0.15) is 0 Å². The Hall–Kier alpha value is -0.730. The Kier molecular flexibility index (Phi) is 6.51. The molecule has 0 aliphatic heterocycles. The van der Waals surface area contributed by atoms with Gasteiger partial charge in [0.2, 0.25) is 0 Å². The van der Waals surface area contributed by atoms with Crippen LogP contribution in [0.3, 0.4) is 0 Å². The highest BCUT2D eigenvalue weighted by Gasteiger charge is 2.09. The summed E-state index contributed by atoms with van der Waals surface area (Å²) in [4.78, 5) is 0. The third-order valence-corrected chi connectivity index (χ3v) is 2.78. The van der Waals surface area contributed by atoms with Gasteiger partial charge in [0, 0.05) is 12.1 Å². The lowest BCUT2D eigenvalue weighted by Gasteiger charge is -2.15. The van der Waals surface area contributed by atoms with Crippen molar-refractivity contribution < 1.29 is 4.74 Å². The van der Waals surface area contributed by atoms with Crippen LogP contribution < -0.4 is 10.1 Å². The molecular formula is C15H24ClNO. The number of hydrogen-bond acceptors (Lipinski definition) is 2. The lowest BCUT2D eigenvalue weighted by Crippen LogP contribution is -2.19. The van der Waals surface area contributed by atoms with Crippen LogP contribution in [0.1, 0.15) is 33.3 Å². The minimum absolute atomic E-state index is 0.498. The molecule has 0 spiro atoms. The first-order valence-corrected chi connectivity index (χ1v) is 6.99. The SMILES string of the molecule is CC(C)CNCc1cccc(Cl)c1OCC(C)C. The number of hydrogen-bond donors (Lipinski definition) is 1. The molecule has 0 aromatic heterocycles. The van der Waals surface area contributed by atoms with Gasteiger partial charge >= 0.3 is 0 Å². The molecule has 0 radical (unpaired) electrons. The van der Waals surface area contributed by atoms with E-state index in [1.165, 1.54) is 0 Å². The lowest BCUT2D eigenvalue weighted by atomic mass is 10.1. The van der Waals surface area contributed by atoms with E-state index in [0.717, 1.165) is 24.4 Å². The molecule has 1 rings (SSSR count). The summed E-state index contributed by atoms with van der Waals surface area (Å²) in [5.41, 5.74) is 1.13. The smallest absolute Gasteiger partial charge is 0.142 e. The van der Waals surface area contributed by atoms with Gasteiger partial charge in [0.1, 0.15) is 5.75 Å². The van der Waals surface area contributed by atoms with Crippen LogP contribution in [0.15, 0.2) is 18.2 Å². The summed E-state index contributed by atoms with van der Waals surface area (Å²) in [7, 11) is 0. The normalized spacial score (nSPS) is 11.3. The summed E-state index contributed by atoms with van der Waals surface area (Å²) in [5.74, 6) is 1.96. The molecule has 1 N–H and O–H groups in total. The summed E-state index contributed by atoms with van der Waals surface area (Å²) in [5, 5.41) is 4.11. The van der Waals surface area contributed by atoms with Crippen molar-refractivity contribution in [3.63, 3.8) is 0 Å². The van der Waals surface area contributed by atoms with Crippen LogP contribution in [0.4, 0.5) is 0 Å². The monoisotopic (exact) mass is 269 g/mol. The Labute approximate surface area is 116 Å². The molecule has 18 heavy (non-hydrogen) atoms. The maximum atomic E-state index is 6.20. The molecule has 3 heteroatoms. The fraction of sp³-hybridized carbons (Fsp3) is 0.600. The standard InChI is InChI=1S/C15H24ClNO/c1-11(2)8-17-9-13-6-5-7-14(16)15(13)18-10-12(3)4/h5-7,11-12,17H,8-10H2,1-4H3. The second-order valence-electron chi connectivity index (χ2n) is 5.46. The number of para-hydroxylation sites is 1. The maximum Gasteiger partial charge on any atom is 0.142 e. The van der Waals surface area contributed by atoms with E-state index in [0.29, 0.717) is 23.5 Å². The Morgan fingerprint density at radius 3 is 2.50 bits per heavy atom. The summed E-state index contributed by atoms with van der Waals surface area (Å²) in [6.07, 6.45) is 0. The number of halogens is 1. The van der Waals surface area contributed by atoms with E-state index in [4.69, 9.17) is 16.3 Å². The molecule has 0 saturated carbocycles. The molecule has 2 nitrogen and oxygen atoms in total. The van der Waals surface area contributed by atoms with E-state index in [-0.39, 0.29) is 0 Å². The van der Waals surface area contributed by atoms with E-state index >= 15 is 0 Å². The van der Waals surface area contributed by atoms with Crippen LogP contribution in [0.2, 0.25) is 5.02 Å². The van der Waals surface area contributed by atoms with Crippen LogP contribution in [-0.2, 0) is 6.54 Å². The zero-order valence-electron chi connectivity index (χ0n) is 11.8. The maximum absolute atomic E-state index is 6.20. The van der Waals surface area contributed by atoms with Crippen molar-refractivity contribution in [1.29, 1.82) is 0 Å². The third kappa shape index (κ3) is 5.28. The number of nitrogens with one attached hydrogen (secondary N) is 1. The van der Waals surface area contributed by atoms with Crippen molar-refractivity contribution in [2.24, 2.45) is 11.8 Å². The molecule has 0 unspecified atom stereocenters. The summed E-state index contributed by atoms with van der Waals surface area (Å²) in [6.45, 7) is 11.1. The minimum Gasteiger partial charge on any atom is -0.491 e. The van der Waals surface area contributed by atoms with Crippen molar-refractivity contribution in [3.8, 4) is 5.75 Å². The van der Waals surface area contributed by atoms with Crippen molar-refractivity contribution in [2.45, 2.75) is 34.2 Å². The quantitative estimate of drug-likeness (QED) is 0.804. The molecule has 0 amide bonds. The Morgan fingerprint density at radius 2 is 1.89 bits per heavy atom. The van der Waals surface area contributed by atoms with Crippen molar-refractivity contribution in [2.75, 3.05) is 13.2 Å². The molecule has 0 aliphatic carbocycles. The molecule has 1 aromatic rings. The molecule has 0 bridgehead atoms. The predicted octanol–water partition coefficient (Wildman–Crippen LogP) is 4.12. The van der Waals surface area contributed by atoms with Crippen molar-refractivity contribution >= 4 is 11.6 Å². The first kappa shape index (κ1) is 15.3. The van der Waals surface area contributed by atoms with Gasteiger partial charge < -0.3 is 10.1 Å². The molecule has 0 saturated heterocycles. The predicted molar refractivity (Wildman–Crippen MR) is 78.3 cm³/mol. The van der Waals surface area contributed by atoms with E-state index in [2.05, 4.69) is 39.1 Å². The molecule has 1 aromatic carbocycles. The number of rotatable bonds is 7. The van der Waals surface area contributed by atoms with Crippen LogP contribution in [0.5, 0.6) is 5.75 Å². The second-order valence-corrected chi connectivity index (χ2v) is 5.86. The third-order valence-electron chi connectivity index (χ3n) is 2.48. The van der Waals surface area contributed by atoms with Gasteiger partial charge in [0.15, 0.2) is 0 Å². The molecular weight excluding hydrogens is 246 g/mol. The summed E-state index contributed by atoms with van der Waals surface area (Å²) < 4.78 is 5.81. The Morgan fingerprint density at radius 1 is 1.17 bits per heavy atom. The fourth-order valence-electron chi connectivity index (χ4n) is 1.60. The van der Waals surface area contributed by atoms with Crippen molar-refractivity contribution in [1.82, 2.24) is 5.32 Å². The first-order chi connectivity index (χ1) is 8.50. The van der Waals surface area contributed by atoms with E-state index in [1.807, 2.05) is 12.1 Å². The largest absolute Gasteiger partial charge is 0.491 e. The van der Waals surface area contributed by atoms with E-state index < -0.39 is 0 Å². The topological polar surface area (TPSA) is 21.3 Å². The van der Waals surface area contributed by atoms with Crippen LogP contribution in [0, 0.1) is 11.8 Å². The summed E-state index contributed by atoms with van der Waals surface area (Å²) >= 11 is 6.20. The van der Waals surface area contributed by atoms with Crippen LogP contribution in [0.25, 0.3) is 0 Å². The first-order valence-electron chi connectivity index (χ1n) is 6.61. The van der Waals surface area contributed by atoms with Gasteiger partial charge in [-0.05, 0) is 24.4 Å². The number of ether oxygens (including phenoxy) is 1. The molecule has 0 heterocycles. The highest BCUT2D eigenvalue weighted by Crippen LogP contribution is 2.29. The Balaban J connectivity index is 2.67. The highest BCUT2D eigenvalue weighted by atomic mass is 35.5. The fourth-order valence-corrected chi connectivity index (χ4v) is 1.85. The van der Waals surface area contributed by atoms with Crippen LogP contribution in [-0.4, -0.2) is 13.2 Å². The van der Waals surface area contributed by atoms with Gasteiger partial charge in [-0.1, -0.05) is 51.4 Å². The van der Waals surface area contributed by atoms with Crippen molar-refractivity contribution in [3.05, 3.63) is 28.8 Å². The molecule has 102 valence electrons. The van der Waals surface area contributed by atoms with Crippen LogP contribution >= 0.6 is 11.6 Å². The van der Waals surface area contributed by atoms with E-state index in [1.54, 1.807) is 0 Å². The average molecular weight is 270 g/mol. The Bertz CT molecular complexity index is 364. The molecule has 0 fully saturated rings. The second kappa shape index (κ2) is 7.65. The average Bonchev–Trinajstić information content (AvgIpc) is 2.27. The minimum atomic E-state index is 0.498. The van der Waals surface area contributed by atoms with Gasteiger partial charge in [-0.15, -0.1) is 0 Å². The summed E-state index contributed by atoms with van der Waals surface area (Å²) in [6, 6.07) is 5.91. The lowest BCUT2D eigenvalue weighted by molar-refractivity contribution is 0.268. The molecule has 0 aliphatic rings. The van der Waals surface area contributed by atoms with Gasteiger partial charge in [-0.25, -0.2) is 0 Å². The molecule has 0 atom stereocenters. The van der Waals surface area contributed by atoms with Gasteiger partial charge in [-0.3, -0.25) is 0 Å². The van der Waals surface area contributed by atoms with Gasteiger partial charge in [0.05, 0.1) is 11.6 Å². The number of benzene rings is 1. The zero-order chi connectivity index (χ0) is 13.5. The highest BCUT2D eigenvalue weighted by molar-refractivity contribution is 6.32. The van der Waals surface area contributed by atoms with E-state index in [9.17, 15) is 0 Å². The zero-order valence-corrected chi connectivity index (χ0v) is 12.6. The van der Waals surface area contributed by atoms with Gasteiger partial charge in [0.25, 0.3) is 0 Å².